The van der Waals surface area contributed by atoms with Crippen LogP contribution in [0.4, 0.5) is 0 Å². The van der Waals surface area contributed by atoms with Gasteiger partial charge in [-0.15, -0.1) is 0 Å². The molecule has 1 heteroatoms. The van der Waals surface area contributed by atoms with Crippen molar-refractivity contribution in [2.75, 3.05) is 6.54 Å². The van der Waals surface area contributed by atoms with E-state index in [1.54, 1.807) is 0 Å². The minimum atomic E-state index is 0.642. The standard InChI is InChI=1S/C19H33N/c1-6-12-20-19(16(4)5)11-10-17-8-7-9-18(14-17)13-15(2)3/h7-9,14-16,19-20H,6,10-13H2,1-5H3. The Morgan fingerprint density at radius 3 is 2.35 bits per heavy atom. The Morgan fingerprint density at radius 2 is 1.75 bits per heavy atom. The molecule has 1 N–H and O–H groups in total. The molecule has 20 heavy (non-hydrogen) atoms. The van der Waals surface area contributed by atoms with E-state index in [2.05, 4.69) is 64.2 Å². The third-order valence-electron chi connectivity index (χ3n) is 3.84. The van der Waals surface area contributed by atoms with E-state index in [0.29, 0.717) is 12.0 Å². The molecule has 0 spiro atoms. The molecule has 0 aliphatic carbocycles. The van der Waals surface area contributed by atoms with E-state index in [1.165, 1.54) is 36.8 Å². The molecule has 1 aromatic rings. The lowest BCUT2D eigenvalue weighted by molar-refractivity contribution is 0.378. The second-order valence-corrected chi connectivity index (χ2v) is 6.76. The first-order valence-electron chi connectivity index (χ1n) is 8.34. The maximum Gasteiger partial charge on any atom is 0.00932 e. The van der Waals surface area contributed by atoms with Gasteiger partial charge in [-0.1, -0.05) is 58.9 Å². The van der Waals surface area contributed by atoms with Gasteiger partial charge in [0.25, 0.3) is 0 Å². The summed E-state index contributed by atoms with van der Waals surface area (Å²) in [4.78, 5) is 0. The summed E-state index contributed by atoms with van der Waals surface area (Å²) in [6.07, 6.45) is 4.83. The fraction of sp³-hybridized carbons (Fsp3) is 0.684. The van der Waals surface area contributed by atoms with Gasteiger partial charge in [0.05, 0.1) is 0 Å². The van der Waals surface area contributed by atoms with Gasteiger partial charge >= 0.3 is 0 Å². The Morgan fingerprint density at radius 1 is 1.05 bits per heavy atom. The molecule has 1 aromatic carbocycles. The quantitative estimate of drug-likeness (QED) is 0.680. The van der Waals surface area contributed by atoms with Gasteiger partial charge in [0.1, 0.15) is 0 Å². The highest BCUT2D eigenvalue weighted by Crippen LogP contribution is 2.15. The number of rotatable bonds is 9. The average molecular weight is 275 g/mol. The van der Waals surface area contributed by atoms with E-state index < -0.39 is 0 Å². The predicted octanol–water partition coefficient (Wildman–Crippen LogP) is 4.84. The van der Waals surface area contributed by atoms with E-state index >= 15 is 0 Å². The van der Waals surface area contributed by atoms with Crippen LogP contribution in [0.5, 0.6) is 0 Å². The van der Waals surface area contributed by atoms with Crippen LogP contribution in [0, 0.1) is 11.8 Å². The van der Waals surface area contributed by atoms with Gasteiger partial charge in [-0.05, 0) is 55.2 Å². The molecule has 0 aliphatic rings. The number of hydrogen-bond donors (Lipinski definition) is 1. The number of hydrogen-bond acceptors (Lipinski definition) is 1. The lowest BCUT2D eigenvalue weighted by Crippen LogP contribution is -2.34. The molecule has 0 saturated heterocycles. The maximum atomic E-state index is 3.69. The summed E-state index contributed by atoms with van der Waals surface area (Å²) in [5.41, 5.74) is 2.98. The Balaban J connectivity index is 2.54. The monoisotopic (exact) mass is 275 g/mol. The van der Waals surface area contributed by atoms with Crippen molar-refractivity contribution < 1.29 is 0 Å². The van der Waals surface area contributed by atoms with Crippen molar-refractivity contribution in [1.29, 1.82) is 0 Å². The molecule has 0 saturated carbocycles. The van der Waals surface area contributed by atoms with Crippen LogP contribution in [-0.4, -0.2) is 12.6 Å². The zero-order valence-electron chi connectivity index (χ0n) is 14.1. The topological polar surface area (TPSA) is 12.0 Å². The van der Waals surface area contributed by atoms with Gasteiger partial charge in [0, 0.05) is 6.04 Å². The molecule has 0 aromatic heterocycles. The van der Waals surface area contributed by atoms with E-state index in [0.717, 1.165) is 12.5 Å². The fourth-order valence-corrected chi connectivity index (χ4v) is 2.71. The van der Waals surface area contributed by atoms with Crippen molar-refractivity contribution in [3.8, 4) is 0 Å². The van der Waals surface area contributed by atoms with Gasteiger partial charge in [-0.25, -0.2) is 0 Å². The minimum absolute atomic E-state index is 0.642. The molecule has 0 heterocycles. The van der Waals surface area contributed by atoms with Gasteiger partial charge in [0.15, 0.2) is 0 Å². The van der Waals surface area contributed by atoms with Crippen LogP contribution in [0.1, 0.15) is 58.6 Å². The third-order valence-corrected chi connectivity index (χ3v) is 3.84. The molecule has 1 unspecified atom stereocenters. The van der Waals surface area contributed by atoms with Crippen LogP contribution >= 0.6 is 0 Å². The minimum Gasteiger partial charge on any atom is -0.314 e. The number of aryl methyl sites for hydroxylation is 1. The van der Waals surface area contributed by atoms with Crippen LogP contribution in [0.2, 0.25) is 0 Å². The van der Waals surface area contributed by atoms with Gasteiger partial charge in [0.2, 0.25) is 0 Å². The van der Waals surface area contributed by atoms with Gasteiger partial charge in [-0.2, -0.15) is 0 Å². The fourth-order valence-electron chi connectivity index (χ4n) is 2.71. The van der Waals surface area contributed by atoms with Crippen molar-refractivity contribution in [3.63, 3.8) is 0 Å². The molecule has 114 valence electrons. The lowest BCUT2D eigenvalue weighted by atomic mass is 9.94. The molecule has 0 amide bonds. The first-order chi connectivity index (χ1) is 9.52. The van der Waals surface area contributed by atoms with Crippen molar-refractivity contribution in [3.05, 3.63) is 35.4 Å². The highest BCUT2D eigenvalue weighted by molar-refractivity contribution is 5.24. The Bertz CT molecular complexity index is 368. The van der Waals surface area contributed by atoms with Crippen molar-refractivity contribution >= 4 is 0 Å². The Labute approximate surface area is 126 Å². The van der Waals surface area contributed by atoms with Crippen LogP contribution in [0.25, 0.3) is 0 Å². The SMILES string of the molecule is CCCNC(CCc1cccc(CC(C)C)c1)C(C)C. The Kier molecular flexibility index (Phi) is 7.91. The van der Waals surface area contributed by atoms with Crippen molar-refractivity contribution in [2.24, 2.45) is 11.8 Å². The summed E-state index contributed by atoms with van der Waals surface area (Å²) in [5.74, 6) is 1.44. The second kappa shape index (κ2) is 9.18. The molecule has 1 rings (SSSR count). The van der Waals surface area contributed by atoms with Crippen molar-refractivity contribution in [2.45, 2.75) is 66.3 Å². The highest BCUT2D eigenvalue weighted by atomic mass is 14.9. The predicted molar refractivity (Wildman–Crippen MR) is 90.2 cm³/mol. The molecule has 0 aliphatic heterocycles. The Hall–Kier alpha value is -0.820. The first kappa shape index (κ1) is 17.2. The first-order valence-corrected chi connectivity index (χ1v) is 8.34. The van der Waals surface area contributed by atoms with Gasteiger partial charge in [-0.3, -0.25) is 0 Å². The molecule has 1 nitrogen and oxygen atoms in total. The normalized spacial score (nSPS) is 13.2. The van der Waals surface area contributed by atoms with E-state index in [4.69, 9.17) is 0 Å². The average Bonchev–Trinajstić information content (AvgIpc) is 2.38. The van der Waals surface area contributed by atoms with Crippen LogP contribution in [0.3, 0.4) is 0 Å². The summed E-state index contributed by atoms with van der Waals surface area (Å²) >= 11 is 0. The molecule has 0 radical (unpaired) electrons. The van der Waals surface area contributed by atoms with Crippen LogP contribution in [0.15, 0.2) is 24.3 Å². The van der Waals surface area contributed by atoms with Crippen molar-refractivity contribution in [1.82, 2.24) is 5.32 Å². The van der Waals surface area contributed by atoms with E-state index in [-0.39, 0.29) is 0 Å². The number of nitrogens with one attached hydrogen (secondary N) is 1. The number of benzene rings is 1. The second-order valence-electron chi connectivity index (χ2n) is 6.76. The molecule has 0 bridgehead atoms. The largest absolute Gasteiger partial charge is 0.314 e. The van der Waals surface area contributed by atoms with Crippen LogP contribution < -0.4 is 5.32 Å². The maximum absolute atomic E-state index is 3.69. The van der Waals surface area contributed by atoms with E-state index in [1.807, 2.05) is 0 Å². The van der Waals surface area contributed by atoms with E-state index in [9.17, 15) is 0 Å². The lowest BCUT2D eigenvalue weighted by Gasteiger charge is -2.22. The highest BCUT2D eigenvalue weighted by Gasteiger charge is 2.12. The van der Waals surface area contributed by atoms with Gasteiger partial charge < -0.3 is 5.32 Å². The summed E-state index contributed by atoms with van der Waals surface area (Å²) in [5, 5.41) is 3.69. The zero-order chi connectivity index (χ0) is 15.0. The summed E-state index contributed by atoms with van der Waals surface area (Å²) in [6.45, 7) is 12.6. The molecule has 0 fully saturated rings. The summed E-state index contributed by atoms with van der Waals surface area (Å²) < 4.78 is 0. The summed E-state index contributed by atoms with van der Waals surface area (Å²) in [6, 6.07) is 9.80. The molecular weight excluding hydrogens is 242 g/mol. The third kappa shape index (κ3) is 6.56. The van der Waals surface area contributed by atoms with Crippen LogP contribution in [-0.2, 0) is 12.8 Å². The molecule has 1 atom stereocenters. The zero-order valence-corrected chi connectivity index (χ0v) is 14.1. The smallest absolute Gasteiger partial charge is 0.00932 e. The molecular formula is C19H33N. The summed E-state index contributed by atoms with van der Waals surface area (Å²) in [7, 11) is 0.